The first-order chi connectivity index (χ1) is 23.4. The summed E-state index contributed by atoms with van der Waals surface area (Å²) in [4.78, 5) is 13.3. The van der Waals surface area contributed by atoms with Crippen molar-refractivity contribution >= 4 is 21.5 Å². The van der Waals surface area contributed by atoms with Gasteiger partial charge in [-0.05, 0) is 55.7 Å². The van der Waals surface area contributed by atoms with Gasteiger partial charge < -0.3 is 15.0 Å². The molecule has 0 amide bonds. The summed E-state index contributed by atoms with van der Waals surface area (Å²) in [5.74, 6) is 0. The molecule has 4 heteroatoms. The molecule has 0 bridgehead atoms. The molecule has 0 unspecified atom stereocenters. The monoisotopic (exact) mass is 811 g/mol. The van der Waals surface area contributed by atoms with Crippen molar-refractivity contribution in [3.63, 3.8) is 0 Å². The molecule has 5 aromatic carbocycles. The topological polar surface area (TPSA) is 38.7 Å². The van der Waals surface area contributed by atoms with E-state index in [9.17, 15) is 0 Å². The maximum atomic E-state index is 4.45. The number of hydrogen-bond acceptors (Lipinski definition) is 3. The number of nitrogens with zero attached hydrogens (tertiary/aromatic N) is 3. The van der Waals surface area contributed by atoms with E-state index < -0.39 is 0 Å². The Morgan fingerprint density at radius 3 is 1.20 bits per heavy atom. The Kier molecular flexibility index (Phi) is 11.9. The van der Waals surface area contributed by atoms with Gasteiger partial charge in [0.05, 0.1) is 0 Å². The summed E-state index contributed by atoms with van der Waals surface area (Å²) in [6, 6.07) is 58.2. The van der Waals surface area contributed by atoms with E-state index in [-0.39, 0.29) is 25.5 Å². The molecule has 0 radical (unpaired) electrons. The van der Waals surface area contributed by atoms with Crippen LogP contribution in [0.3, 0.4) is 0 Å². The fourth-order valence-corrected chi connectivity index (χ4v) is 5.16. The third kappa shape index (κ3) is 9.42. The molecule has 0 fully saturated rings. The zero-order valence-corrected chi connectivity index (χ0v) is 30.2. The number of fused-ring (bicyclic) bond motifs is 2. The Morgan fingerprint density at radius 2 is 0.816 bits per heavy atom. The minimum absolute atomic E-state index is 0. The first-order valence-electron chi connectivity index (χ1n) is 16.0. The number of pyridine rings is 3. The third-order valence-electron chi connectivity index (χ3n) is 7.84. The largest absolute Gasteiger partial charge is 3.00 e. The van der Waals surface area contributed by atoms with Gasteiger partial charge in [-0.3, -0.25) is 0 Å². The summed E-state index contributed by atoms with van der Waals surface area (Å²) in [7, 11) is 0. The molecule has 0 saturated heterocycles. The van der Waals surface area contributed by atoms with Gasteiger partial charge in [0, 0.05) is 18.6 Å². The fraction of sp³-hybridized carbons (Fsp3) is 0.0889. The minimum Gasteiger partial charge on any atom is -0.305 e. The summed E-state index contributed by atoms with van der Waals surface area (Å²) < 4.78 is 0. The van der Waals surface area contributed by atoms with E-state index in [1.54, 1.807) is 0 Å². The summed E-state index contributed by atoms with van der Waals surface area (Å²) >= 11 is 0. The Bertz CT molecular complexity index is 2100. The molecule has 0 saturated carbocycles. The Balaban J connectivity index is 0.000000142. The fourth-order valence-electron chi connectivity index (χ4n) is 5.16. The molecule has 3 nitrogen and oxygen atoms in total. The van der Waals surface area contributed by atoms with Crippen molar-refractivity contribution in [1.29, 1.82) is 0 Å². The zero-order valence-electron chi connectivity index (χ0n) is 27.8. The van der Waals surface area contributed by atoms with Crippen LogP contribution in [0.1, 0.15) is 26.3 Å². The van der Waals surface area contributed by atoms with E-state index in [1.165, 1.54) is 27.1 Å². The van der Waals surface area contributed by atoms with Gasteiger partial charge in [-0.25, -0.2) is 0 Å². The molecule has 3 heterocycles. The maximum Gasteiger partial charge on any atom is 3.00 e. The van der Waals surface area contributed by atoms with E-state index in [0.29, 0.717) is 0 Å². The van der Waals surface area contributed by atoms with Crippen molar-refractivity contribution in [1.82, 2.24) is 15.0 Å². The summed E-state index contributed by atoms with van der Waals surface area (Å²) in [5, 5.41) is 4.76. The molecule has 0 spiro atoms. The van der Waals surface area contributed by atoms with Gasteiger partial charge in [0.2, 0.25) is 0 Å². The van der Waals surface area contributed by atoms with Gasteiger partial charge in [-0.2, -0.15) is 0 Å². The number of benzene rings is 5. The second kappa shape index (κ2) is 16.7. The molecular weight excluding hydrogens is 775 g/mol. The van der Waals surface area contributed by atoms with E-state index >= 15 is 0 Å². The van der Waals surface area contributed by atoms with Gasteiger partial charge in [-0.1, -0.05) is 87.5 Å². The van der Waals surface area contributed by atoms with Gasteiger partial charge in [0.15, 0.2) is 0 Å². The van der Waals surface area contributed by atoms with Gasteiger partial charge >= 0.3 is 20.1 Å². The van der Waals surface area contributed by atoms with Gasteiger partial charge in [0.25, 0.3) is 0 Å². The van der Waals surface area contributed by atoms with Crippen LogP contribution < -0.4 is 0 Å². The number of hydrogen-bond donors (Lipinski definition) is 0. The molecule has 240 valence electrons. The summed E-state index contributed by atoms with van der Waals surface area (Å²) in [6.07, 6.45) is 5.69. The molecule has 8 aromatic rings. The van der Waals surface area contributed by atoms with Gasteiger partial charge in [-0.15, -0.1) is 108 Å². The Hall–Kier alpha value is -5.28. The standard InChI is InChI=1S/2C15H10N.C15H16N.Ir/c2*1-2-6-12(7-3-1)15-10-13-8-4-5-9-14(13)11-16-15;1-15(2,3)13-9-10-16-14(11-13)12-7-5-4-6-8-12;/h2*1-6,8-11H;4-7,9-11H,1-3H3;/q3*-1;+3. The molecule has 0 aliphatic carbocycles. The molecule has 49 heavy (non-hydrogen) atoms. The van der Waals surface area contributed by atoms with E-state index in [0.717, 1.165) is 33.8 Å². The summed E-state index contributed by atoms with van der Waals surface area (Å²) in [6.45, 7) is 6.63. The zero-order chi connectivity index (χ0) is 33.2. The SMILES string of the molecule is CC(C)(C)c1ccnc(-c2[c-]cccc2)c1.[Ir+3].[c-]1ccccc1-c1cc2ccccc2cn1.[c-]1ccccc1-c1cc2ccccc2cn1. The second-order valence-electron chi connectivity index (χ2n) is 12.3. The first kappa shape index (κ1) is 35.0. The average Bonchev–Trinajstić information content (AvgIpc) is 3.16. The Labute approximate surface area is 303 Å². The third-order valence-corrected chi connectivity index (χ3v) is 7.84. The van der Waals surface area contributed by atoms with Crippen molar-refractivity contribution in [3.05, 3.63) is 188 Å². The van der Waals surface area contributed by atoms with Crippen LogP contribution in [0.4, 0.5) is 0 Å². The van der Waals surface area contributed by atoms with Crippen molar-refractivity contribution in [3.8, 4) is 33.8 Å². The summed E-state index contributed by atoms with van der Waals surface area (Å²) in [5.41, 5.74) is 7.52. The molecule has 0 atom stereocenters. The average molecular weight is 811 g/mol. The first-order valence-corrected chi connectivity index (χ1v) is 16.0. The normalized spacial score (nSPS) is 10.6. The van der Waals surface area contributed by atoms with Crippen LogP contribution in [-0.2, 0) is 25.5 Å². The van der Waals surface area contributed by atoms with Crippen molar-refractivity contribution in [2.24, 2.45) is 0 Å². The van der Waals surface area contributed by atoms with Crippen molar-refractivity contribution < 1.29 is 20.1 Å². The predicted octanol–water partition coefficient (Wildman–Crippen LogP) is 11.2. The van der Waals surface area contributed by atoms with Crippen LogP contribution >= 0.6 is 0 Å². The smallest absolute Gasteiger partial charge is 0.305 e. The second-order valence-corrected chi connectivity index (χ2v) is 12.3. The number of aromatic nitrogens is 3. The van der Waals surface area contributed by atoms with E-state index in [4.69, 9.17) is 0 Å². The molecular formula is C45H36IrN3. The Morgan fingerprint density at radius 1 is 0.429 bits per heavy atom. The van der Waals surface area contributed by atoms with Crippen molar-refractivity contribution in [2.45, 2.75) is 26.2 Å². The van der Waals surface area contributed by atoms with Crippen LogP contribution in [0, 0.1) is 18.2 Å². The predicted molar refractivity (Wildman–Crippen MR) is 199 cm³/mol. The van der Waals surface area contributed by atoms with Crippen LogP contribution in [-0.4, -0.2) is 15.0 Å². The van der Waals surface area contributed by atoms with Crippen LogP contribution in [0.2, 0.25) is 0 Å². The molecule has 0 aliphatic rings. The quantitative estimate of drug-likeness (QED) is 0.167. The number of rotatable bonds is 3. The molecule has 3 aromatic heterocycles. The molecule has 0 N–H and O–H groups in total. The van der Waals surface area contributed by atoms with Crippen LogP contribution in [0.15, 0.2) is 164 Å². The van der Waals surface area contributed by atoms with Gasteiger partial charge in [0.1, 0.15) is 0 Å². The maximum absolute atomic E-state index is 4.45. The van der Waals surface area contributed by atoms with Crippen molar-refractivity contribution in [2.75, 3.05) is 0 Å². The van der Waals surface area contributed by atoms with E-state index in [1.807, 2.05) is 116 Å². The minimum atomic E-state index is 0. The van der Waals surface area contributed by atoms with E-state index in [2.05, 4.69) is 102 Å². The molecule has 0 aliphatic heterocycles. The van der Waals surface area contributed by atoms with Crippen LogP contribution in [0.25, 0.3) is 55.3 Å². The van der Waals surface area contributed by atoms with Crippen LogP contribution in [0.5, 0.6) is 0 Å². The molecule has 8 rings (SSSR count).